The van der Waals surface area contributed by atoms with E-state index in [9.17, 15) is 19.8 Å². The summed E-state index contributed by atoms with van der Waals surface area (Å²) in [6, 6.07) is 0. The summed E-state index contributed by atoms with van der Waals surface area (Å²) in [6.07, 6.45) is 1.17. The van der Waals surface area contributed by atoms with Crippen LogP contribution in [0.15, 0.2) is 16.4 Å². The van der Waals surface area contributed by atoms with Gasteiger partial charge in [-0.05, 0) is 0 Å². The Labute approximate surface area is 85.2 Å². The zero-order valence-corrected chi connectivity index (χ0v) is 7.45. The van der Waals surface area contributed by atoms with E-state index in [1.165, 1.54) is 6.33 Å². The fraction of sp³-hybridized carbons (Fsp3) is 0. The van der Waals surface area contributed by atoms with E-state index >= 15 is 0 Å². The lowest BCUT2D eigenvalue weighted by molar-refractivity contribution is -0.446. The molecule has 2 heterocycles. The Morgan fingerprint density at radius 3 is 3.00 bits per heavy atom. The van der Waals surface area contributed by atoms with Gasteiger partial charge in [0.25, 0.3) is 5.95 Å². The molecule has 16 heavy (non-hydrogen) atoms. The van der Waals surface area contributed by atoms with Crippen molar-refractivity contribution in [3.63, 3.8) is 0 Å². The van der Waals surface area contributed by atoms with Crippen LogP contribution in [0.25, 0.3) is 11.2 Å². The highest BCUT2D eigenvalue weighted by Crippen LogP contribution is 2.06. The second kappa shape index (κ2) is 3.38. The summed E-state index contributed by atoms with van der Waals surface area (Å²) >= 11 is 0. The van der Waals surface area contributed by atoms with E-state index in [1.54, 1.807) is 5.43 Å². The lowest BCUT2D eigenvalue weighted by Gasteiger charge is -1.99. The smallest absolute Gasteiger partial charge is 0.304 e. The first-order valence-corrected chi connectivity index (χ1v) is 3.84. The second-order valence-corrected chi connectivity index (χ2v) is 2.60. The Bertz CT molecular complexity index is 627. The molecule has 0 aromatic carbocycles. The number of imidazole rings is 1. The maximum Gasteiger partial charge on any atom is 0.304 e. The van der Waals surface area contributed by atoms with Gasteiger partial charge in [-0.1, -0.05) is 5.43 Å². The Kier molecular flexibility index (Phi) is 2.05. The zero-order chi connectivity index (χ0) is 11.7. The van der Waals surface area contributed by atoms with Crippen LogP contribution in [0.5, 0.6) is 0 Å². The van der Waals surface area contributed by atoms with Gasteiger partial charge in [0, 0.05) is 0 Å². The molecule has 0 saturated heterocycles. The van der Waals surface area contributed by atoms with Crippen LogP contribution in [0.1, 0.15) is 0 Å². The Morgan fingerprint density at radius 1 is 1.62 bits per heavy atom. The number of aromatic nitrogens is 4. The van der Waals surface area contributed by atoms with Gasteiger partial charge in [0.05, 0.1) is 11.6 Å². The average Bonchev–Trinajstić information content (AvgIpc) is 2.65. The molecule has 0 atom stereocenters. The Hall–Kier alpha value is -2.85. The number of rotatable bonds is 3. The largest absolute Gasteiger partial charge is 0.339 e. The van der Waals surface area contributed by atoms with Gasteiger partial charge in [-0.25, -0.2) is 15.1 Å². The number of anilines is 1. The van der Waals surface area contributed by atoms with E-state index in [4.69, 9.17) is 0 Å². The number of hydrazine groups is 1. The van der Waals surface area contributed by atoms with Crippen LogP contribution in [0.3, 0.4) is 0 Å². The minimum Gasteiger partial charge on any atom is -0.339 e. The molecule has 0 amide bonds. The van der Waals surface area contributed by atoms with Gasteiger partial charge in [-0.3, -0.25) is 4.79 Å². The summed E-state index contributed by atoms with van der Waals surface area (Å²) in [4.78, 5) is 41.7. The van der Waals surface area contributed by atoms with E-state index in [0.29, 0.717) is 0 Å². The van der Waals surface area contributed by atoms with E-state index in [0.717, 1.165) is 0 Å². The molecule has 0 bridgehead atoms. The van der Waals surface area contributed by atoms with Crippen LogP contribution in [0.2, 0.25) is 0 Å². The van der Waals surface area contributed by atoms with Crippen molar-refractivity contribution >= 4 is 17.1 Å². The topological polar surface area (TPSA) is 148 Å². The van der Waals surface area contributed by atoms with Gasteiger partial charge in [-0.2, -0.15) is 4.98 Å². The number of nitroso groups, excluding NO2 is 1. The van der Waals surface area contributed by atoms with Crippen LogP contribution in [0, 0.1) is 15.0 Å². The maximum absolute atomic E-state index is 11.5. The predicted molar refractivity (Wildman–Crippen MR) is 50.0 cm³/mol. The monoisotopic (exact) mass is 225 g/mol. The zero-order valence-electron chi connectivity index (χ0n) is 7.45. The highest BCUT2D eigenvalue weighted by atomic mass is 16.7. The van der Waals surface area contributed by atoms with Crippen molar-refractivity contribution in [3.05, 3.63) is 31.7 Å². The first kappa shape index (κ1) is 9.70. The lowest BCUT2D eigenvalue weighted by Crippen LogP contribution is -2.24. The first-order valence-electron chi connectivity index (χ1n) is 3.84. The number of nitro groups is 1. The molecule has 82 valence electrons. The fourth-order valence-electron chi connectivity index (χ4n) is 1.11. The van der Waals surface area contributed by atoms with E-state index in [-0.39, 0.29) is 15.8 Å². The quantitative estimate of drug-likeness (QED) is 0.396. The minimum absolute atomic E-state index is 0.0470. The van der Waals surface area contributed by atoms with Crippen molar-refractivity contribution in [2.45, 2.75) is 0 Å². The van der Waals surface area contributed by atoms with E-state index < -0.39 is 16.5 Å². The van der Waals surface area contributed by atoms with Crippen LogP contribution in [0.4, 0.5) is 5.95 Å². The van der Waals surface area contributed by atoms with Crippen molar-refractivity contribution in [1.29, 1.82) is 0 Å². The molecule has 0 saturated carbocycles. The SMILES string of the molecule is O=Nn1c(N[N+](=O)[O-])nc2nc[nH]c2c1=O. The number of fused-ring (bicyclic) bond motifs is 1. The molecule has 11 nitrogen and oxygen atoms in total. The number of aromatic amines is 1. The standard InChI is InChI=1S/C5H3N7O4/c13-4-2-3(7-1-6-2)8-5(9-12(15)16)11(4)10-14/h1H,(H,6,7)(H,8,9). The van der Waals surface area contributed by atoms with Crippen molar-refractivity contribution in [1.82, 2.24) is 19.6 Å². The molecule has 2 N–H and O–H groups in total. The van der Waals surface area contributed by atoms with Crippen molar-refractivity contribution in [3.8, 4) is 0 Å². The molecule has 0 aliphatic rings. The highest BCUT2D eigenvalue weighted by molar-refractivity contribution is 5.69. The molecular formula is C5H3N7O4. The van der Waals surface area contributed by atoms with Crippen LogP contribution < -0.4 is 11.0 Å². The van der Waals surface area contributed by atoms with Crippen LogP contribution >= 0.6 is 0 Å². The highest BCUT2D eigenvalue weighted by Gasteiger charge is 2.16. The third kappa shape index (κ3) is 1.35. The van der Waals surface area contributed by atoms with E-state index in [2.05, 4.69) is 20.2 Å². The molecule has 0 unspecified atom stereocenters. The van der Waals surface area contributed by atoms with Gasteiger partial charge in [0.2, 0.25) is 0 Å². The summed E-state index contributed by atoms with van der Waals surface area (Å²) in [7, 11) is 0. The molecule has 2 aromatic rings. The van der Waals surface area contributed by atoms with Crippen LogP contribution in [-0.2, 0) is 0 Å². The number of nitrogens with zero attached hydrogens (tertiary/aromatic N) is 5. The van der Waals surface area contributed by atoms with Crippen molar-refractivity contribution < 1.29 is 5.03 Å². The second-order valence-electron chi connectivity index (χ2n) is 2.60. The van der Waals surface area contributed by atoms with Gasteiger partial charge in [0.15, 0.2) is 16.2 Å². The molecule has 0 radical (unpaired) electrons. The van der Waals surface area contributed by atoms with Gasteiger partial charge < -0.3 is 4.98 Å². The molecular weight excluding hydrogens is 222 g/mol. The van der Waals surface area contributed by atoms with E-state index in [1.807, 2.05) is 0 Å². The number of H-pyrrole nitrogens is 1. The molecule has 11 heteroatoms. The lowest BCUT2D eigenvalue weighted by atomic mass is 10.5. The Morgan fingerprint density at radius 2 is 2.38 bits per heavy atom. The average molecular weight is 225 g/mol. The van der Waals surface area contributed by atoms with Gasteiger partial charge >= 0.3 is 5.56 Å². The number of hydrogen-bond donors (Lipinski definition) is 2. The third-order valence-electron chi connectivity index (χ3n) is 1.71. The molecule has 0 aliphatic carbocycles. The fourth-order valence-corrected chi connectivity index (χ4v) is 1.11. The first-order chi connectivity index (χ1) is 7.63. The minimum atomic E-state index is -0.970. The normalized spacial score (nSPS) is 10.2. The summed E-state index contributed by atoms with van der Waals surface area (Å²) in [5.41, 5.74) is 0.592. The molecule has 2 aromatic heterocycles. The van der Waals surface area contributed by atoms with Crippen LogP contribution in [-0.4, -0.2) is 24.7 Å². The molecule has 0 spiro atoms. The molecule has 2 rings (SSSR count). The predicted octanol–water partition coefficient (Wildman–Crippen LogP) is -0.747. The molecule has 0 fully saturated rings. The summed E-state index contributed by atoms with van der Waals surface area (Å²) < 4.78 is 0.226. The summed E-state index contributed by atoms with van der Waals surface area (Å²) in [5, 5.41) is 11.5. The van der Waals surface area contributed by atoms with Gasteiger partial charge in [-0.15, -0.1) is 9.58 Å². The molecule has 0 aliphatic heterocycles. The maximum atomic E-state index is 11.5. The van der Waals surface area contributed by atoms with Crippen molar-refractivity contribution in [2.24, 2.45) is 5.29 Å². The third-order valence-corrected chi connectivity index (χ3v) is 1.71. The summed E-state index contributed by atoms with van der Waals surface area (Å²) in [5.74, 6) is -0.607. The Balaban J connectivity index is 2.76. The summed E-state index contributed by atoms with van der Waals surface area (Å²) in [6.45, 7) is 0. The number of nitrogens with one attached hydrogen (secondary N) is 2. The van der Waals surface area contributed by atoms with Gasteiger partial charge in [0.1, 0.15) is 0 Å². The van der Waals surface area contributed by atoms with Crippen molar-refractivity contribution in [2.75, 3.05) is 5.43 Å². The number of hydrogen-bond acceptors (Lipinski definition) is 7.